The number of ether oxygens (including phenoxy) is 1. The zero-order valence-electron chi connectivity index (χ0n) is 15.5. The van der Waals surface area contributed by atoms with Crippen LogP contribution in [0.5, 0.6) is 5.75 Å². The molecular weight excluding hydrogens is 373 g/mol. The third-order valence-corrected chi connectivity index (χ3v) is 4.76. The minimum absolute atomic E-state index is 0.0510. The highest BCUT2D eigenvalue weighted by Crippen LogP contribution is 2.27. The third kappa shape index (κ3) is 5.25. The molecule has 6 nitrogen and oxygen atoms in total. The van der Waals surface area contributed by atoms with Crippen LogP contribution in [0.3, 0.4) is 0 Å². The molecule has 28 heavy (non-hydrogen) atoms. The normalized spacial score (nSPS) is 18.6. The van der Waals surface area contributed by atoms with Gasteiger partial charge in [0.05, 0.1) is 12.6 Å². The number of aliphatic hydroxyl groups excluding tert-OH is 1. The largest absolute Gasteiger partial charge is 0.573 e. The summed E-state index contributed by atoms with van der Waals surface area (Å²) in [6.45, 7) is 2.80. The van der Waals surface area contributed by atoms with Gasteiger partial charge in [-0.1, -0.05) is 12.1 Å². The first-order chi connectivity index (χ1) is 13.4. The minimum atomic E-state index is -4.70. The van der Waals surface area contributed by atoms with Crippen molar-refractivity contribution in [3.63, 3.8) is 0 Å². The second-order valence-electron chi connectivity index (χ2n) is 6.77. The summed E-state index contributed by atoms with van der Waals surface area (Å²) in [5.74, 6) is 1.10. The van der Waals surface area contributed by atoms with Crippen molar-refractivity contribution in [1.82, 2.24) is 9.97 Å². The van der Waals surface area contributed by atoms with E-state index in [0.717, 1.165) is 37.2 Å². The summed E-state index contributed by atoms with van der Waals surface area (Å²) in [5.41, 5.74) is 0.792. The Hall–Kier alpha value is -2.55. The number of nitrogens with zero attached hydrogens (tertiary/aromatic N) is 3. The van der Waals surface area contributed by atoms with Gasteiger partial charge >= 0.3 is 6.36 Å². The minimum Gasteiger partial charge on any atom is -0.406 e. The first kappa shape index (κ1) is 20.2. The van der Waals surface area contributed by atoms with Crippen LogP contribution in [0, 0.1) is 0 Å². The summed E-state index contributed by atoms with van der Waals surface area (Å²) in [7, 11) is 0. The molecule has 0 radical (unpaired) electrons. The predicted molar refractivity (Wildman–Crippen MR) is 99.3 cm³/mol. The lowest BCUT2D eigenvalue weighted by atomic mass is 10.0. The lowest BCUT2D eigenvalue weighted by Crippen LogP contribution is -2.42. The first-order valence-electron chi connectivity index (χ1n) is 9.17. The van der Waals surface area contributed by atoms with Crippen molar-refractivity contribution in [2.75, 3.05) is 23.4 Å². The molecule has 2 N–H and O–H groups in total. The third-order valence-electron chi connectivity index (χ3n) is 4.76. The molecule has 0 amide bonds. The number of alkyl halides is 3. The maximum Gasteiger partial charge on any atom is 0.573 e. The zero-order chi connectivity index (χ0) is 20.1. The number of hydrogen-bond acceptors (Lipinski definition) is 6. The topological polar surface area (TPSA) is 70.5 Å². The molecule has 0 saturated carbocycles. The number of piperidine rings is 1. The van der Waals surface area contributed by atoms with Crippen molar-refractivity contribution in [2.45, 2.75) is 44.6 Å². The summed E-state index contributed by atoms with van der Waals surface area (Å²) in [5, 5.41) is 12.8. The first-order valence-corrected chi connectivity index (χ1v) is 9.17. The molecule has 9 heteroatoms. The molecule has 3 rings (SSSR count). The van der Waals surface area contributed by atoms with E-state index in [-0.39, 0.29) is 24.4 Å². The van der Waals surface area contributed by atoms with Gasteiger partial charge in [0.25, 0.3) is 0 Å². The Morgan fingerprint density at radius 3 is 2.68 bits per heavy atom. The number of hydrogen-bond donors (Lipinski definition) is 2. The number of halogens is 3. The number of benzene rings is 1. The summed E-state index contributed by atoms with van der Waals surface area (Å²) in [6.07, 6.45) is -0.182. The van der Waals surface area contributed by atoms with E-state index in [0.29, 0.717) is 5.82 Å². The van der Waals surface area contributed by atoms with Crippen LogP contribution in [0.15, 0.2) is 36.7 Å². The van der Waals surface area contributed by atoms with E-state index in [1.54, 1.807) is 12.1 Å². The molecule has 0 aliphatic carbocycles. The summed E-state index contributed by atoms with van der Waals surface area (Å²) in [4.78, 5) is 10.6. The molecule has 1 aromatic carbocycles. The van der Waals surface area contributed by atoms with Crippen LogP contribution in [0.4, 0.5) is 24.8 Å². The molecule has 1 unspecified atom stereocenters. The Labute approximate surface area is 161 Å². The van der Waals surface area contributed by atoms with Gasteiger partial charge in [0.1, 0.15) is 23.7 Å². The molecule has 1 aromatic heterocycles. The monoisotopic (exact) mass is 396 g/mol. The number of aliphatic hydroxyl groups is 1. The van der Waals surface area contributed by atoms with Gasteiger partial charge in [-0.05, 0) is 43.9 Å². The maximum absolute atomic E-state index is 12.3. The lowest BCUT2D eigenvalue weighted by Gasteiger charge is -2.35. The molecule has 1 fully saturated rings. The number of aromatic nitrogens is 2. The quantitative estimate of drug-likeness (QED) is 0.772. The fraction of sp³-hybridized carbons (Fsp3) is 0.474. The van der Waals surface area contributed by atoms with Crippen molar-refractivity contribution >= 4 is 11.6 Å². The van der Waals surface area contributed by atoms with E-state index in [1.807, 2.05) is 13.0 Å². The van der Waals surface area contributed by atoms with Gasteiger partial charge in [-0.25, -0.2) is 9.97 Å². The Bertz CT molecular complexity index is 771. The SMILES string of the molecule is C[C@H](Nc1cc(N2CCCCC2CO)ncn1)c1ccc(OC(F)(F)F)cc1. The summed E-state index contributed by atoms with van der Waals surface area (Å²) < 4.78 is 40.7. The van der Waals surface area contributed by atoms with Crippen molar-refractivity contribution < 1.29 is 23.0 Å². The highest BCUT2D eigenvalue weighted by atomic mass is 19.4. The molecule has 2 atom stereocenters. The van der Waals surface area contributed by atoms with Crippen LogP contribution in [-0.2, 0) is 0 Å². The molecule has 1 saturated heterocycles. The molecule has 0 bridgehead atoms. The van der Waals surface area contributed by atoms with E-state index in [4.69, 9.17) is 0 Å². The highest BCUT2D eigenvalue weighted by molar-refractivity contribution is 5.50. The molecule has 2 aromatic rings. The van der Waals surface area contributed by atoms with Gasteiger partial charge in [0.2, 0.25) is 0 Å². The fourth-order valence-electron chi connectivity index (χ4n) is 3.34. The Morgan fingerprint density at radius 1 is 1.25 bits per heavy atom. The number of nitrogens with one attached hydrogen (secondary N) is 1. The smallest absolute Gasteiger partial charge is 0.406 e. The van der Waals surface area contributed by atoms with E-state index < -0.39 is 6.36 Å². The molecule has 1 aliphatic rings. The van der Waals surface area contributed by atoms with Crippen LogP contribution in [-0.4, -0.2) is 40.6 Å². The fourth-order valence-corrected chi connectivity index (χ4v) is 3.34. The van der Waals surface area contributed by atoms with Crippen LogP contribution >= 0.6 is 0 Å². The van der Waals surface area contributed by atoms with E-state index in [1.165, 1.54) is 18.5 Å². The van der Waals surface area contributed by atoms with Gasteiger partial charge in [-0.3, -0.25) is 0 Å². The lowest BCUT2D eigenvalue weighted by molar-refractivity contribution is -0.274. The number of anilines is 2. The molecular formula is C19H23F3N4O2. The summed E-state index contributed by atoms with van der Waals surface area (Å²) >= 11 is 0. The summed E-state index contributed by atoms with van der Waals surface area (Å²) in [6, 6.07) is 7.41. The van der Waals surface area contributed by atoms with Crippen LogP contribution in [0.2, 0.25) is 0 Å². The molecule has 0 spiro atoms. The van der Waals surface area contributed by atoms with E-state index in [2.05, 4.69) is 24.9 Å². The Morgan fingerprint density at radius 2 is 2.00 bits per heavy atom. The zero-order valence-corrected chi connectivity index (χ0v) is 15.5. The highest BCUT2D eigenvalue weighted by Gasteiger charge is 2.31. The van der Waals surface area contributed by atoms with Crippen LogP contribution in [0.1, 0.15) is 37.8 Å². The van der Waals surface area contributed by atoms with Crippen molar-refractivity contribution in [3.05, 3.63) is 42.2 Å². The Balaban J connectivity index is 1.68. The Kier molecular flexibility index (Phi) is 6.23. The molecule has 152 valence electrons. The second kappa shape index (κ2) is 8.64. The van der Waals surface area contributed by atoms with Crippen molar-refractivity contribution in [2.24, 2.45) is 0 Å². The standard InChI is InChI=1S/C19H23F3N4O2/c1-13(14-5-7-16(8-6-14)28-19(20,21)22)25-17-10-18(24-12-23-17)26-9-3-2-4-15(26)11-27/h5-8,10,12-13,15,27H,2-4,9,11H2,1H3,(H,23,24,25)/t13-,15?/m0/s1. The molecule has 2 heterocycles. The average molecular weight is 396 g/mol. The van der Waals surface area contributed by atoms with Crippen molar-refractivity contribution in [3.8, 4) is 5.75 Å². The van der Waals surface area contributed by atoms with Gasteiger partial charge in [0, 0.05) is 18.7 Å². The van der Waals surface area contributed by atoms with Crippen LogP contribution in [0.25, 0.3) is 0 Å². The van der Waals surface area contributed by atoms with Crippen LogP contribution < -0.4 is 15.0 Å². The van der Waals surface area contributed by atoms with Gasteiger partial charge < -0.3 is 20.1 Å². The second-order valence-corrected chi connectivity index (χ2v) is 6.77. The van der Waals surface area contributed by atoms with E-state index >= 15 is 0 Å². The predicted octanol–water partition coefficient (Wildman–Crippen LogP) is 3.90. The molecule has 1 aliphatic heterocycles. The number of rotatable bonds is 6. The van der Waals surface area contributed by atoms with Gasteiger partial charge in [-0.2, -0.15) is 0 Å². The van der Waals surface area contributed by atoms with Gasteiger partial charge in [0.15, 0.2) is 0 Å². The maximum atomic E-state index is 12.3. The van der Waals surface area contributed by atoms with Gasteiger partial charge in [-0.15, -0.1) is 13.2 Å². The average Bonchev–Trinajstić information content (AvgIpc) is 2.67. The van der Waals surface area contributed by atoms with E-state index in [9.17, 15) is 18.3 Å². The van der Waals surface area contributed by atoms with Crippen molar-refractivity contribution in [1.29, 1.82) is 0 Å².